The maximum Gasteiger partial charge on any atom is 0.313 e. The number of aliphatic carboxylic acids is 1. The molecule has 0 radical (unpaired) electrons. The first-order valence-electron chi connectivity index (χ1n) is 4.93. The molecule has 0 spiro atoms. The molecule has 0 fully saturated rings. The van der Waals surface area contributed by atoms with Gasteiger partial charge >= 0.3 is 5.97 Å². The monoisotopic (exact) mass is 269 g/mol. The molecule has 0 bridgehead atoms. The van der Waals surface area contributed by atoms with E-state index in [2.05, 4.69) is 10.2 Å². The Labute approximate surface area is 106 Å². The summed E-state index contributed by atoms with van der Waals surface area (Å²) in [5.41, 5.74) is 0. The Kier molecular flexibility index (Phi) is 3.80. The second kappa shape index (κ2) is 5.33. The number of thioether (sulfide) groups is 1. The van der Waals surface area contributed by atoms with Crippen molar-refractivity contribution >= 4 is 29.1 Å². The van der Waals surface area contributed by atoms with Gasteiger partial charge in [-0.3, -0.25) is 4.79 Å². The van der Waals surface area contributed by atoms with Crippen LogP contribution in [-0.2, 0) is 11.3 Å². The van der Waals surface area contributed by atoms with Crippen molar-refractivity contribution in [2.45, 2.75) is 18.6 Å². The van der Waals surface area contributed by atoms with Crippen molar-refractivity contribution < 1.29 is 9.90 Å². The van der Waals surface area contributed by atoms with Gasteiger partial charge in [-0.25, -0.2) is 0 Å². The summed E-state index contributed by atoms with van der Waals surface area (Å²) in [4.78, 5) is 11.7. The largest absolute Gasteiger partial charge is 0.481 e. The summed E-state index contributed by atoms with van der Waals surface area (Å²) in [6, 6.07) is 4.03. The van der Waals surface area contributed by atoms with Crippen molar-refractivity contribution in [2.75, 3.05) is 5.75 Å². The fourth-order valence-corrected chi connectivity index (χ4v) is 2.73. The summed E-state index contributed by atoms with van der Waals surface area (Å²) < 4.78 is 1.93. The average Bonchev–Trinajstić information content (AvgIpc) is 2.89. The van der Waals surface area contributed by atoms with Crippen LogP contribution in [-0.4, -0.2) is 31.6 Å². The van der Waals surface area contributed by atoms with E-state index in [4.69, 9.17) is 5.11 Å². The molecular weight excluding hydrogens is 258 g/mol. The minimum Gasteiger partial charge on any atom is -0.481 e. The maximum atomic E-state index is 10.5. The molecule has 2 aromatic heterocycles. The number of aromatic nitrogens is 3. The Bertz CT molecular complexity index is 508. The molecule has 0 unspecified atom stereocenters. The number of nitrogens with zero attached hydrogens (tertiary/aromatic N) is 3. The molecule has 0 saturated carbocycles. The van der Waals surface area contributed by atoms with E-state index in [1.165, 1.54) is 16.6 Å². The van der Waals surface area contributed by atoms with Crippen LogP contribution in [0.25, 0.3) is 0 Å². The third-order valence-electron chi connectivity index (χ3n) is 2.12. The lowest BCUT2D eigenvalue weighted by atomic mass is 10.4. The van der Waals surface area contributed by atoms with Gasteiger partial charge in [0.2, 0.25) is 0 Å². The lowest BCUT2D eigenvalue weighted by Crippen LogP contribution is -2.05. The molecule has 0 saturated heterocycles. The Balaban J connectivity index is 2.14. The molecule has 0 aromatic carbocycles. The van der Waals surface area contributed by atoms with E-state index in [9.17, 15) is 4.79 Å². The summed E-state index contributed by atoms with van der Waals surface area (Å²) in [5.74, 6) is -0.0487. The topological polar surface area (TPSA) is 68.0 Å². The van der Waals surface area contributed by atoms with Gasteiger partial charge in [0.1, 0.15) is 5.82 Å². The third-order valence-corrected chi connectivity index (χ3v) is 3.93. The maximum absolute atomic E-state index is 10.5. The van der Waals surface area contributed by atoms with Crippen LogP contribution in [0.4, 0.5) is 0 Å². The van der Waals surface area contributed by atoms with Crippen LogP contribution in [0.2, 0.25) is 0 Å². The average molecular weight is 269 g/mol. The van der Waals surface area contributed by atoms with E-state index in [1.54, 1.807) is 11.3 Å². The van der Waals surface area contributed by atoms with Crippen LogP contribution < -0.4 is 0 Å². The van der Waals surface area contributed by atoms with Gasteiger partial charge < -0.3 is 9.67 Å². The van der Waals surface area contributed by atoms with E-state index in [1.807, 2.05) is 29.0 Å². The van der Waals surface area contributed by atoms with Gasteiger partial charge in [-0.1, -0.05) is 17.8 Å². The number of carbonyl (C=O) groups is 1. The molecule has 2 heterocycles. The highest BCUT2D eigenvalue weighted by molar-refractivity contribution is 7.99. The van der Waals surface area contributed by atoms with Crippen molar-refractivity contribution in [2.24, 2.45) is 0 Å². The van der Waals surface area contributed by atoms with Gasteiger partial charge in [0.05, 0.1) is 12.3 Å². The predicted molar refractivity (Wildman–Crippen MR) is 66.5 cm³/mol. The zero-order valence-electron chi connectivity index (χ0n) is 9.16. The van der Waals surface area contributed by atoms with E-state index in [0.29, 0.717) is 11.7 Å². The Morgan fingerprint density at radius 3 is 3.06 bits per heavy atom. The van der Waals surface area contributed by atoms with Gasteiger partial charge in [0.25, 0.3) is 0 Å². The Morgan fingerprint density at radius 2 is 2.41 bits per heavy atom. The Hall–Kier alpha value is -1.34. The zero-order chi connectivity index (χ0) is 12.3. The van der Waals surface area contributed by atoms with Crippen LogP contribution in [0.5, 0.6) is 0 Å². The van der Waals surface area contributed by atoms with Crippen LogP contribution in [0.15, 0.2) is 22.7 Å². The number of aryl methyl sites for hydroxylation is 1. The molecule has 0 aliphatic heterocycles. The van der Waals surface area contributed by atoms with Gasteiger partial charge in [0, 0.05) is 4.88 Å². The second-order valence-corrected chi connectivity index (χ2v) is 5.35. The molecule has 17 heavy (non-hydrogen) atoms. The molecule has 0 aliphatic rings. The molecule has 0 amide bonds. The van der Waals surface area contributed by atoms with Gasteiger partial charge in [-0.15, -0.1) is 21.5 Å². The molecule has 0 atom stereocenters. The number of carboxylic acid groups (broad SMARTS) is 1. The smallest absolute Gasteiger partial charge is 0.313 e. The summed E-state index contributed by atoms with van der Waals surface area (Å²) in [6.45, 7) is 2.56. The molecule has 1 N–H and O–H groups in total. The molecular formula is C10H11N3O2S2. The lowest BCUT2D eigenvalue weighted by Gasteiger charge is -2.05. The van der Waals surface area contributed by atoms with Crippen molar-refractivity contribution in [3.05, 3.63) is 28.2 Å². The van der Waals surface area contributed by atoms with Gasteiger partial charge in [-0.05, 0) is 18.4 Å². The van der Waals surface area contributed by atoms with Crippen LogP contribution in [0.1, 0.15) is 10.7 Å². The molecule has 90 valence electrons. The van der Waals surface area contributed by atoms with E-state index < -0.39 is 5.97 Å². The minimum absolute atomic E-state index is 0.00255. The summed E-state index contributed by atoms with van der Waals surface area (Å²) in [7, 11) is 0. The van der Waals surface area contributed by atoms with Gasteiger partial charge in [-0.2, -0.15) is 0 Å². The zero-order valence-corrected chi connectivity index (χ0v) is 10.8. The Morgan fingerprint density at radius 1 is 1.59 bits per heavy atom. The van der Waals surface area contributed by atoms with Crippen LogP contribution >= 0.6 is 23.1 Å². The highest BCUT2D eigenvalue weighted by Crippen LogP contribution is 2.19. The quantitative estimate of drug-likeness (QED) is 0.839. The first-order valence-corrected chi connectivity index (χ1v) is 6.80. The van der Waals surface area contributed by atoms with Crippen molar-refractivity contribution in [1.82, 2.24) is 14.8 Å². The van der Waals surface area contributed by atoms with E-state index >= 15 is 0 Å². The SMILES string of the molecule is Cc1nnc(SCC(=O)O)n1Cc1cccs1. The fraction of sp³-hybridized carbons (Fsp3) is 0.300. The standard InChI is InChI=1S/C10H11N3O2S2/c1-7-11-12-10(17-6-9(14)15)13(7)5-8-3-2-4-16-8/h2-4H,5-6H2,1H3,(H,14,15). The van der Waals surface area contributed by atoms with Crippen molar-refractivity contribution in [3.8, 4) is 0 Å². The molecule has 2 rings (SSSR count). The summed E-state index contributed by atoms with van der Waals surface area (Å²) >= 11 is 2.85. The number of rotatable bonds is 5. The fourth-order valence-electron chi connectivity index (χ4n) is 1.34. The van der Waals surface area contributed by atoms with E-state index in [-0.39, 0.29) is 5.75 Å². The summed E-state index contributed by atoms with van der Waals surface area (Å²) in [5, 5.41) is 19.3. The second-order valence-electron chi connectivity index (χ2n) is 3.38. The predicted octanol–water partition coefficient (Wildman–Crippen LogP) is 1.87. The minimum atomic E-state index is -0.849. The first kappa shape index (κ1) is 12.1. The summed E-state index contributed by atoms with van der Waals surface area (Å²) in [6.07, 6.45) is 0. The lowest BCUT2D eigenvalue weighted by molar-refractivity contribution is -0.133. The highest BCUT2D eigenvalue weighted by atomic mass is 32.2. The van der Waals surface area contributed by atoms with Crippen molar-refractivity contribution in [3.63, 3.8) is 0 Å². The van der Waals surface area contributed by atoms with Crippen molar-refractivity contribution in [1.29, 1.82) is 0 Å². The number of hydrogen-bond donors (Lipinski definition) is 1. The third kappa shape index (κ3) is 3.07. The molecule has 7 heteroatoms. The van der Waals surface area contributed by atoms with Crippen LogP contribution in [0.3, 0.4) is 0 Å². The van der Waals surface area contributed by atoms with E-state index in [0.717, 1.165) is 5.82 Å². The molecule has 5 nitrogen and oxygen atoms in total. The normalized spacial score (nSPS) is 10.6. The number of carboxylic acids is 1. The molecule has 2 aromatic rings. The highest BCUT2D eigenvalue weighted by Gasteiger charge is 2.11. The van der Waals surface area contributed by atoms with Crippen LogP contribution in [0, 0.1) is 6.92 Å². The molecule has 0 aliphatic carbocycles. The number of thiophene rings is 1. The van der Waals surface area contributed by atoms with Gasteiger partial charge in [0.15, 0.2) is 5.16 Å². The number of hydrogen-bond acceptors (Lipinski definition) is 5. The first-order chi connectivity index (χ1) is 8.16.